The fourth-order valence-corrected chi connectivity index (χ4v) is 4.11. The summed E-state index contributed by atoms with van der Waals surface area (Å²) in [5.41, 5.74) is 7.99. The number of aryl methyl sites for hydroxylation is 1. The minimum absolute atomic E-state index is 0.0591. The summed E-state index contributed by atoms with van der Waals surface area (Å²) in [7, 11) is 0. The molecule has 0 bridgehead atoms. The highest BCUT2D eigenvalue weighted by molar-refractivity contribution is 5.98. The molecule has 1 unspecified atom stereocenters. The third kappa shape index (κ3) is 9.83. The lowest BCUT2D eigenvalue weighted by molar-refractivity contribution is 0.0233. The minimum Gasteiger partial charge on any atom is -0.456 e. The van der Waals surface area contributed by atoms with Crippen LogP contribution in [-0.2, 0) is 11.2 Å². The van der Waals surface area contributed by atoms with E-state index in [4.69, 9.17) is 10.5 Å². The molecule has 0 radical (unpaired) electrons. The van der Waals surface area contributed by atoms with E-state index in [1.54, 1.807) is 30.9 Å². The van der Waals surface area contributed by atoms with Gasteiger partial charge in [0.1, 0.15) is 17.7 Å². The normalized spacial score (nSPS) is 13.6. The first kappa shape index (κ1) is 30.3. The fraction of sp³-hybridized carbons (Fsp3) is 0.500. The van der Waals surface area contributed by atoms with Gasteiger partial charge in [-0.3, -0.25) is 4.79 Å². The first-order chi connectivity index (χ1) is 17.5. The molecule has 0 spiro atoms. The van der Waals surface area contributed by atoms with Crippen molar-refractivity contribution in [3.8, 4) is 0 Å². The Kier molecular flexibility index (Phi) is 12.1. The second-order valence-electron chi connectivity index (χ2n) is 9.48. The van der Waals surface area contributed by atoms with Crippen molar-refractivity contribution in [1.29, 1.82) is 0 Å². The Bertz CT molecular complexity index is 1020. The van der Waals surface area contributed by atoms with E-state index >= 15 is 0 Å². The van der Waals surface area contributed by atoms with Gasteiger partial charge in [0.25, 0.3) is 5.91 Å². The smallest absolute Gasteiger partial charge is 0.338 e. The summed E-state index contributed by atoms with van der Waals surface area (Å²) in [4.78, 5) is 28.0. The van der Waals surface area contributed by atoms with E-state index in [9.17, 15) is 23.5 Å². The van der Waals surface area contributed by atoms with Crippen molar-refractivity contribution in [2.45, 2.75) is 65.2 Å². The summed E-state index contributed by atoms with van der Waals surface area (Å²) < 4.78 is 33.1. The van der Waals surface area contributed by atoms with Gasteiger partial charge in [0.2, 0.25) is 0 Å². The predicted octanol–water partition coefficient (Wildman–Crippen LogP) is 3.60. The van der Waals surface area contributed by atoms with Crippen LogP contribution < -0.4 is 11.1 Å². The molecule has 3 atom stereocenters. The average Bonchev–Trinajstić information content (AvgIpc) is 2.81. The SMILES string of the molecule is CCCN(CCC)C(=O)c1cc(C)cc(C(=O)O[C@H](CNCC(C)O)[C@@H](N)Cc2cc(F)cc(F)c2)c1. The molecule has 0 aliphatic rings. The van der Waals surface area contributed by atoms with Gasteiger partial charge in [-0.1, -0.05) is 13.8 Å². The van der Waals surface area contributed by atoms with Crippen LogP contribution in [0.5, 0.6) is 0 Å². The van der Waals surface area contributed by atoms with Crippen molar-refractivity contribution in [3.63, 3.8) is 0 Å². The van der Waals surface area contributed by atoms with Crippen molar-refractivity contribution < 1.29 is 28.2 Å². The van der Waals surface area contributed by atoms with Gasteiger partial charge in [0.05, 0.1) is 11.7 Å². The van der Waals surface area contributed by atoms with Gasteiger partial charge in [-0.15, -0.1) is 0 Å². The molecule has 0 saturated carbocycles. The molecule has 204 valence electrons. The molecule has 4 N–H and O–H groups in total. The summed E-state index contributed by atoms with van der Waals surface area (Å²) in [6.07, 6.45) is 0.198. The number of aliphatic hydroxyl groups is 1. The van der Waals surface area contributed by atoms with Gasteiger partial charge in [-0.2, -0.15) is 0 Å². The molecular formula is C28H39F2N3O4. The van der Waals surface area contributed by atoms with Gasteiger partial charge in [0, 0.05) is 43.9 Å². The van der Waals surface area contributed by atoms with E-state index in [2.05, 4.69) is 5.32 Å². The third-order valence-corrected chi connectivity index (χ3v) is 5.75. The van der Waals surface area contributed by atoms with E-state index in [-0.39, 0.29) is 31.0 Å². The molecule has 1 amide bonds. The number of nitrogens with two attached hydrogens (primary N) is 1. The first-order valence-corrected chi connectivity index (χ1v) is 12.7. The number of hydrogen-bond donors (Lipinski definition) is 3. The van der Waals surface area contributed by atoms with Gasteiger partial charge in [0.15, 0.2) is 0 Å². The number of rotatable bonds is 14. The number of aliphatic hydroxyl groups excluding tert-OH is 1. The number of esters is 1. The molecule has 2 aromatic rings. The van der Waals surface area contributed by atoms with Gasteiger partial charge < -0.3 is 25.8 Å². The van der Waals surface area contributed by atoms with Crippen molar-refractivity contribution in [1.82, 2.24) is 10.2 Å². The Hall–Kier alpha value is -2.88. The van der Waals surface area contributed by atoms with Crippen molar-refractivity contribution >= 4 is 11.9 Å². The van der Waals surface area contributed by atoms with E-state index < -0.39 is 35.9 Å². The molecule has 9 heteroatoms. The molecule has 0 aliphatic heterocycles. The Labute approximate surface area is 218 Å². The molecule has 0 fully saturated rings. The molecule has 0 aromatic heterocycles. The van der Waals surface area contributed by atoms with Crippen LogP contribution in [0.3, 0.4) is 0 Å². The largest absolute Gasteiger partial charge is 0.456 e. The molecule has 2 rings (SSSR count). The summed E-state index contributed by atoms with van der Waals surface area (Å²) in [5.74, 6) is -2.26. The monoisotopic (exact) mass is 519 g/mol. The van der Waals surface area contributed by atoms with Gasteiger partial charge in [-0.05, 0) is 74.6 Å². The first-order valence-electron chi connectivity index (χ1n) is 12.7. The molecular weight excluding hydrogens is 480 g/mol. The summed E-state index contributed by atoms with van der Waals surface area (Å²) >= 11 is 0. The number of carbonyl (C=O) groups is 2. The molecule has 7 nitrogen and oxygen atoms in total. The average molecular weight is 520 g/mol. The summed E-state index contributed by atoms with van der Waals surface area (Å²) in [6.45, 7) is 9.00. The lowest BCUT2D eigenvalue weighted by Crippen LogP contribution is -2.47. The Morgan fingerprint density at radius 1 is 1.00 bits per heavy atom. The van der Waals surface area contributed by atoms with Crippen LogP contribution in [-0.4, -0.2) is 66.3 Å². The van der Waals surface area contributed by atoms with E-state index in [1.165, 1.54) is 18.2 Å². The Morgan fingerprint density at radius 2 is 1.59 bits per heavy atom. The molecule has 0 saturated heterocycles. The standard InChI is InChI=1S/C28H39F2N3O4/c1-5-7-33(8-6-2)27(35)21-9-18(3)10-22(14-21)28(36)37-26(17-32-16-19(4)34)25(31)13-20-11-23(29)15-24(30)12-20/h9-12,14-15,19,25-26,32,34H,5-8,13,16-17,31H2,1-4H3/t19?,25-,26+/m0/s1. The second-order valence-corrected chi connectivity index (χ2v) is 9.48. The number of carbonyl (C=O) groups excluding carboxylic acids is 2. The van der Waals surface area contributed by atoms with Crippen molar-refractivity contribution in [2.24, 2.45) is 5.73 Å². The maximum absolute atomic E-state index is 13.7. The van der Waals surface area contributed by atoms with Crippen LogP contribution in [0.2, 0.25) is 0 Å². The summed E-state index contributed by atoms with van der Waals surface area (Å²) in [6, 6.07) is 7.24. The zero-order valence-electron chi connectivity index (χ0n) is 22.1. The maximum Gasteiger partial charge on any atom is 0.338 e. The zero-order chi connectivity index (χ0) is 27.5. The quantitative estimate of drug-likeness (QED) is 0.330. The van der Waals surface area contributed by atoms with Crippen molar-refractivity contribution in [2.75, 3.05) is 26.2 Å². The number of amides is 1. The van der Waals surface area contributed by atoms with Gasteiger partial charge in [-0.25, -0.2) is 13.6 Å². The number of ether oxygens (including phenoxy) is 1. The molecule has 2 aromatic carbocycles. The van der Waals surface area contributed by atoms with Crippen LogP contribution in [0.4, 0.5) is 8.78 Å². The van der Waals surface area contributed by atoms with Crippen LogP contribution in [0.25, 0.3) is 0 Å². The fourth-order valence-electron chi connectivity index (χ4n) is 4.11. The lowest BCUT2D eigenvalue weighted by atomic mass is 10.0. The van der Waals surface area contributed by atoms with Gasteiger partial charge >= 0.3 is 5.97 Å². The maximum atomic E-state index is 13.7. The van der Waals surface area contributed by atoms with E-state index in [0.717, 1.165) is 24.5 Å². The predicted molar refractivity (Wildman–Crippen MR) is 139 cm³/mol. The number of halogens is 2. The number of nitrogens with zero attached hydrogens (tertiary/aromatic N) is 1. The van der Waals surface area contributed by atoms with Crippen LogP contribution in [0, 0.1) is 18.6 Å². The lowest BCUT2D eigenvalue weighted by Gasteiger charge is -2.25. The highest BCUT2D eigenvalue weighted by Crippen LogP contribution is 2.17. The van der Waals surface area contributed by atoms with E-state index in [0.29, 0.717) is 24.2 Å². The second kappa shape index (κ2) is 14.8. The number of hydrogen-bond acceptors (Lipinski definition) is 6. The number of benzene rings is 2. The molecule has 0 heterocycles. The third-order valence-electron chi connectivity index (χ3n) is 5.75. The van der Waals surface area contributed by atoms with Crippen LogP contribution >= 0.6 is 0 Å². The summed E-state index contributed by atoms with van der Waals surface area (Å²) in [5, 5.41) is 12.6. The van der Waals surface area contributed by atoms with Crippen LogP contribution in [0.1, 0.15) is 65.5 Å². The molecule has 37 heavy (non-hydrogen) atoms. The van der Waals surface area contributed by atoms with Crippen molar-refractivity contribution in [3.05, 3.63) is 70.3 Å². The zero-order valence-corrected chi connectivity index (χ0v) is 22.1. The topological polar surface area (TPSA) is 105 Å². The van der Waals surface area contributed by atoms with E-state index in [1.807, 2.05) is 13.8 Å². The highest BCUT2D eigenvalue weighted by Gasteiger charge is 2.25. The highest BCUT2D eigenvalue weighted by atomic mass is 19.1. The molecule has 0 aliphatic carbocycles. The number of nitrogens with one attached hydrogen (secondary N) is 1. The van der Waals surface area contributed by atoms with Crippen LogP contribution in [0.15, 0.2) is 36.4 Å². The minimum atomic E-state index is -0.867. The Balaban J connectivity index is 2.25. The Morgan fingerprint density at radius 3 is 2.16 bits per heavy atom.